The van der Waals surface area contributed by atoms with Gasteiger partial charge in [0.25, 0.3) is 0 Å². The summed E-state index contributed by atoms with van der Waals surface area (Å²) in [4.78, 5) is 11.3. The number of carboxylic acid groups (broad SMARTS) is 1. The van der Waals surface area contributed by atoms with Crippen molar-refractivity contribution in [2.24, 2.45) is 0 Å². The number of halogens is 3. The Hall–Kier alpha value is -2.56. The number of rotatable bonds is 3. The van der Waals surface area contributed by atoms with Crippen molar-refractivity contribution >= 4 is 17.6 Å². The van der Waals surface area contributed by atoms with E-state index in [2.05, 4.69) is 0 Å². The summed E-state index contributed by atoms with van der Waals surface area (Å²) in [5, 5.41) is 9.22. The van der Waals surface area contributed by atoms with Crippen LogP contribution in [-0.2, 0) is 11.0 Å². The van der Waals surface area contributed by atoms with E-state index in [0.717, 1.165) is 12.1 Å². The fraction of sp³-hybridized carbons (Fsp3) is 0.0625. The summed E-state index contributed by atoms with van der Waals surface area (Å²) in [7, 11) is 0. The van der Waals surface area contributed by atoms with Crippen LogP contribution in [0.3, 0.4) is 0 Å². The van der Waals surface area contributed by atoms with Crippen molar-refractivity contribution in [3.05, 3.63) is 71.3 Å². The Labute approximate surface area is 119 Å². The number of hydrogen-bond acceptors (Lipinski definition) is 1. The summed E-state index contributed by atoms with van der Waals surface area (Å²) in [6, 6.07) is 12.7. The minimum absolute atomic E-state index is 0.0235. The zero-order valence-electron chi connectivity index (χ0n) is 10.8. The molecule has 0 spiro atoms. The van der Waals surface area contributed by atoms with Gasteiger partial charge in [-0.1, -0.05) is 42.5 Å². The SMILES string of the molecule is O=C(O)/C(=C\c1ccc(C(F)(F)F)cc1)c1ccccc1. The highest BCUT2D eigenvalue weighted by molar-refractivity contribution is 6.20. The fourth-order valence-corrected chi connectivity index (χ4v) is 1.82. The first-order valence-corrected chi connectivity index (χ1v) is 6.05. The molecular weight excluding hydrogens is 281 g/mol. The van der Waals surface area contributed by atoms with E-state index in [1.54, 1.807) is 30.3 Å². The average molecular weight is 292 g/mol. The van der Waals surface area contributed by atoms with Gasteiger partial charge in [0.15, 0.2) is 0 Å². The van der Waals surface area contributed by atoms with Gasteiger partial charge in [-0.05, 0) is 29.3 Å². The van der Waals surface area contributed by atoms with E-state index in [-0.39, 0.29) is 5.57 Å². The Morgan fingerprint density at radius 3 is 2.00 bits per heavy atom. The van der Waals surface area contributed by atoms with Gasteiger partial charge in [0, 0.05) is 0 Å². The molecule has 108 valence electrons. The van der Waals surface area contributed by atoms with Gasteiger partial charge in [-0.2, -0.15) is 13.2 Å². The average Bonchev–Trinajstić information content (AvgIpc) is 2.45. The molecule has 2 aromatic carbocycles. The van der Waals surface area contributed by atoms with Crippen molar-refractivity contribution < 1.29 is 23.1 Å². The second-order valence-electron chi connectivity index (χ2n) is 4.35. The molecule has 0 aromatic heterocycles. The van der Waals surface area contributed by atoms with Crippen LogP contribution in [0.4, 0.5) is 13.2 Å². The lowest BCUT2D eigenvalue weighted by molar-refractivity contribution is -0.137. The molecule has 0 saturated carbocycles. The molecule has 0 atom stereocenters. The Bertz CT molecular complexity index is 656. The smallest absolute Gasteiger partial charge is 0.416 e. The van der Waals surface area contributed by atoms with Crippen LogP contribution in [0.5, 0.6) is 0 Å². The third kappa shape index (κ3) is 3.72. The van der Waals surface area contributed by atoms with Gasteiger partial charge in [0.1, 0.15) is 0 Å². The Balaban J connectivity index is 2.38. The number of carboxylic acids is 1. The van der Waals surface area contributed by atoms with E-state index in [9.17, 15) is 23.1 Å². The summed E-state index contributed by atoms with van der Waals surface area (Å²) in [5.74, 6) is -1.14. The molecule has 1 N–H and O–H groups in total. The second-order valence-corrected chi connectivity index (χ2v) is 4.35. The third-order valence-electron chi connectivity index (χ3n) is 2.86. The van der Waals surface area contributed by atoms with Crippen LogP contribution in [-0.4, -0.2) is 11.1 Å². The molecule has 0 fully saturated rings. The predicted molar refractivity (Wildman–Crippen MR) is 73.4 cm³/mol. The predicted octanol–water partition coefficient (Wildman–Crippen LogP) is 4.33. The van der Waals surface area contributed by atoms with Gasteiger partial charge in [0.2, 0.25) is 0 Å². The fourth-order valence-electron chi connectivity index (χ4n) is 1.82. The van der Waals surface area contributed by atoms with Gasteiger partial charge in [-0.3, -0.25) is 0 Å². The van der Waals surface area contributed by atoms with Crippen molar-refractivity contribution in [2.75, 3.05) is 0 Å². The quantitative estimate of drug-likeness (QED) is 0.675. The summed E-state index contributed by atoms with van der Waals surface area (Å²) < 4.78 is 37.4. The molecule has 0 aliphatic carbocycles. The standard InChI is InChI=1S/C16H11F3O2/c17-16(18,19)13-8-6-11(7-9-13)10-14(15(20)21)12-4-2-1-3-5-12/h1-10H,(H,20,21)/b14-10-. The summed E-state index contributed by atoms with van der Waals surface area (Å²) >= 11 is 0. The van der Waals surface area contributed by atoms with Crippen LogP contribution in [0.1, 0.15) is 16.7 Å². The van der Waals surface area contributed by atoms with E-state index in [1.165, 1.54) is 18.2 Å². The zero-order valence-corrected chi connectivity index (χ0v) is 10.8. The highest BCUT2D eigenvalue weighted by atomic mass is 19.4. The molecule has 0 amide bonds. The molecule has 21 heavy (non-hydrogen) atoms. The number of alkyl halides is 3. The molecule has 0 heterocycles. The maximum absolute atomic E-state index is 12.5. The highest BCUT2D eigenvalue weighted by Crippen LogP contribution is 2.29. The minimum atomic E-state index is -4.41. The normalized spacial score (nSPS) is 12.2. The molecule has 0 radical (unpaired) electrons. The van der Waals surface area contributed by atoms with Crippen molar-refractivity contribution in [3.8, 4) is 0 Å². The molecule has 2 aromatic rings. The topological polar surface area (TPSA) is 37.3 Å². The first-order valence-electron chi connectivity index (χ1n) is 6.05. The minimum Gasteiger partial charge on any atom is -0.478 e. The summed E-state index contributed by atoms with van der Waals surface area (Å²) in [6.07, 6.45) is -3.06. The van der Waals surface area contributed by atoms with E-state index in [0.29, 0.717) is 11.1 Å². The van der Waals surface area contributed by atoms with E-state index >= 15 is 0 Å². The number of carbonyl (C=O) groups is 1. The summed E-state index contributed by atoms with van der Waals surface area (Å²) in [5.41, 5.74) is 0.140. The van der Waals surface area contributed by atoms with Crippen LogP contribution in [0, 0.1) is 0 Å². The lowest BCUT2D eigenvalue weighted by Crippen LogP contribution is -2.04. The molecule has 0 saturated heterocycles. The lowest BCUT2D eigenvalue weighted by Gasteiger charge is -2.07. The second kappa shape index (κ2) is 5.83. The molecule has 2 nitrogen and oxygen atoms in total. The highest BCUT2D eigenvalue weighted by Gasteiger charge is 2.29. The van der Waals surface area contributed by atoms with Crippen LogP contribution in [0.2, 0.25) is 0 Å². The molecule has 0 unspecified atom stereocenters. The van der Waals surface area contributed by atoms with Crippen molar-refractivity contribution in [1.82, 2.24) is 0 Å². The monoisotopic (exact) mass is 292 g/mol. The van der Waals surface area contributed by atoms with Crippen molar-refractivity contribution in [3.63, 3.8) is 0 Å². The number of benzene rings is 2. The van der Waals surface area contributed by atoms with E-state index in [1.807, 2.05) is 0 Å². The lowest BCUT2D eigenvalue weighted by atomic mass is 10.0. The first-order chi connectivity index (χ1) is 9.88. The Morgan fingerprint density at radius 2 is 1.52 bits per heavy atom. The van der Waals surface area contributed by atoms with E-state index < -0.39 is 17.7 Å². The van der Waals surface area contributed by atoms with Gasteiger partial charge in [-0.15, -0.1) is 0 Å². The number of hydrogen-bond donors (Lipinski definition) is 1. The third-order valence-corrected chi connectivity index (χ3v) is 2.86. The van der Waals surface area contributed by atoms with Crippen LogP contribution in [0.25, 0.3) is 11.6 Å². The van der Waals surface area contributed by atoms with E-state index in [4.69, 9.17) is 0 Å². The van der Waals surface area contributed by atoms with Crippen LogP contribution >= 0.6 is 0 Å². The van der Waals surface area contributed by atoms with Gasteiger partial charge in [0.05, 0.1) is 11.1 Å². The molecule has 5 heteroatoms. The molecule has 2 rings (SSSR count). The van der Waals surface area contributed by atoms with Crippen LogP contribution in [0.15, 0.2) is 54.6 Å². The largest absolute Gasteiger partial charge is 0.478 e. The van der Waals surface area contributed by atoms with Crippen molar-refractivity contribution in [2.45, 2.75) is 6.18 Å². The van der Waals surface area contributed by atoms with Gasteiger partial charge in [-0.25, -0.2) is 4.79 Å². The van der Waals surface area contributed by atoms with Crippen molar-refractivity contribution in [1.29, 1.82) is 0 Å². The molecule has 0 aliphatic rings. The zero-order chi connectivity index (χ0) is 15.5. The van der Waals surface area contributed by atoms with Crippen LogP contribution < -0.4 is 0 Å². The Kier molecular flexibility index (Phi) is 4.12. The summed E-state index contributed by atoms with van der Waals surface area (Å²) in [6.45, 7) is 0. The Morgan fingerprint density at radius 1 is 0.952 bits per heavy atom. The first kappa shape index (κ1) is 14.8. The van der Waals surface area contributed by atoms with Gasteiger partial charge < -0.3 is 5.11 Å². The van der Waals surface area contributed by atoms with Gasteiger partial charge >= 0.3 is 12.1 Å². The molecule has 0 aliphatic heterocycles. The number of aliphatic carboxylic acids is 1. The molecular formula is C16H11F3O2. The molecule has 0 bridgehead atoms. The maximum atomic E-state index is 12.5. The maximum Gasteiger partial charge on any atom is 0.416 e.